The molecule has 22 heavy (non-hydrogen) atoms. The van der Waals surface area contributed by atoms with Crippen LogP contribution in [0.1, 0.15) is 15.9 Å². The number of carboxylic acid groups (broad SMARTS) is 1. The number of carbonyl (C=O) groups is 2. The average molecular weight is 319 g/mol. The number of aromatic carboxylic acids is 1. The average Bonchev–Trinajstić information content (AvgIpc) is 2.50. The predicted molar refractivity (Wildman–Crippen MR) is 84.6 cm³/mol. The van der Waals surface area contributed by atoms with Gasteiger partial charge in [0.05, 0.1) is 17.0 Å². The van der Waals surface area contributed by atoms with Crippen molar-refractivity contribution in [1.29, 1.82) is 0 Å². The second kappa shape index (κ2) is 7.61. The number of hydrogen-bond donors (Lipinski definition) is 2. The topological polar surface area (TPSA) is 66.4 Å². The molecule has 0 atom stereocenters. The van der Waals surface area contributed by atoms with Crippen LogP contribution in [0.5, 0.6) is 0 Å². The Morgan fingerprint density at radius 3 is 2.64 bits per heavy atom. The first-order valence-electron chi connectivity index (χ1n) is 6.50. The molecule has 0 aliphatic carbocycles. The fourth-order valence-electron chi connectivity index (χ4n) is 1.80. The third-order valence-corrected chi connectivity index (χ3v) is 3.83. The van der Waals surface area contributed by atoms with E-state index in [-0.39, 0.29) is 22.9 Å². The van der Waals surface area contributed by atoms with Crippen LogP contribution in [0.4, 0.5) is 10.1 Å². The van der Waals surface area contributed by atoms with Gasteiger partial charge in [0.1, 0.15) is 5.82 Å². The highest BCUT2D eigenvalue weighted by atomic mass is 32.2. The van der Waals surface area contributed by atoms with Gasteiger partial charge in [-0.15, -0.1) is 11.8 Å². The molecule has 0 fully saturated rings. The van der Waals surface area contributed by atoms with Crippen molar-refractivity contribution in [3.05, 3.63) is 65.5 Å². The number of rotatable bonds is 6. The van der Waals surface area contributed by atoms with Gasteiger partial charge in [0, 0.05) is 5.75 Å². The normalized spacial score (nSPS) is 10.2. The maximum atomic E-state index is 13.4. The summed E-state index contributed by atoms with van der Waals surface area (Å²) in [7, 11) is 0. The van der Waals surface area contributed by atoms with Crippen LogP contribution < -0.4 is 5.32 Å². The van der Waals surface area contributed by atoms with Gasteiger partial charge in [0.25, 0.3) is 0 Å². The van der Waals surface area contributed by atoms with Crippen molar-refractivity contribution in [1.82, 2.24) is 0 Å². The van der Waals surface area contributed by atoms with Gasteiger partial charge in [-0.25, -0.2) is 9.18 Å². The minimum atomic E-state index is -0.982. The summed E-state index contributed by atoms with van der Waals surface area (Å²) in [5.74, 6) is -1.10. The number of thioether (sulfide) groups is 1. The molecule has 2 N–H and O–H groups in total. The number of para-hydroxylation sites is 1. The Kier molecular flexibility index (Phi) is 5.55. The Labute approximate surface area is 131 Å². The van der Waals surface area contributed by atoms with E-state index in [0.717, 1.165) is 5.56 Å². The van der Waals surface area contributed by atoms with Crippen molar-refractivity contribution < 1.29 is 19.1 Å². The van der Waals surface area contributed by atoms with Crippen LogP contribution >= 0.6 is 11.8 Å². The van der Waals surface area contributed by atoms with E-state index in [1.165, 1.54) is 30.0 Å². The zero-order valence-electron chi connectivity index (χ0n) is 11.6. The van der Waals surface area contributed by atoms with E-state index in [2.05, 4.69) is 5.32 Å². The number of benzene rings is 2. The molecule has 0 heterocycles. The SMILES string of the molecule is O=C(CSCc1cccc(C(=O)O)c1)Nc1ccccc1F. The fourth-order valence-corrected chi connectivity index (χ4v) is 2.58. The highest BCUT2D eigenvalue weighted by molar-refractivity contribution is 7.99. The van der Waals surface area contributed by atoms with Gasteiger partial charge in [-0.1, -0.05) is 24.3 Å². The van der Waals surface area contributed by atoms with Gasteiger partial charge in [-0.2, -0.15) is 0 Å². The first kappa shape index (κ1) is 16.0. The highest BCUT2D eigenvalue weighted by Gasteiger charge is 2.07. The first-order chi connectivity index (χ1) is 10.6. The molecule has 1 amide bonds. The standard InChI is InChI=1S/C16H14FNO3S/c17-13-6-1-2-7-14(13)18-15(19)10-22-9-11-4-3-5-12(8-11)16(20)21/h1-8H,9-10H2,(H,18,19)(H,20,21). The van der Waals surface area contributed by atoms with Gasteiger partial charge in [0.15, 0.2) is 0 Å². The molecule has 4 nitrogen and oxygen atoms in total. The number of nitrogens with one attached hydrogen (secondary N) is 1. The molecule has 0 radical (unpaired) electrons. The number of carbonyl (C=O) groups excluding carboxylic acids is 1. The molecule has 0 saturated carbocycles. The smallest absolute Gasteiger partial charge is 0.335 e. The van der Waals surface area contributed by atoms with Gasteiger partial charge >= 0.3 is 5.97 Å². The molecule has 0 saturated heterocycles. The Balaban J connectivity index is 1.83. The Hall–Kier alpha value is -2.34. The lowest BCUT2D eigenvalue weighted by Crippen LogP contribution is -2.15. The molecule has 0 aromatic heterocycles. The summed E-state index contributed by atoms with van der Waals surface area (Å²) in [6, 6.07) is 12.5. The van der Waals surface area contributed by atoms with E-state index in [9.17, 15) is 14.0 Å². The Morgan fingerprint density at radius 1 is 1.14 bits per heavy atom. The van der Waals surface area contributed by atoms with Crippen molar-refractivity contribution >= 4 is 29.3 Å². The predicted octanol–water partition coefficient (Wildman–Crippen LogP) is 3.40. The number of carboxylic acids is 1. The third kappa shape index (κ3) is 4.60. The Bertz CT molecular complexity index is 691. The van der Waals surface area contributed by atoms with Gasteiger partial charge in [-0.3, -0.25) is 4.79 Å². The second-order valence-corrected chi connectivity index (χ2v) is 5.51. The van der Waals surface area contributed by atoms with Crippen LogP contribution in [0.2, 0.25) is 0 Å². The molecule has 2 rings (SSSR count). The number of amides is 1. The van der Waals surface area contributed by atoms with E-state index in [1.54, 1.807) is 30.3 Å². The molecule has 114 valence electrons. The van der Waals surface area contributed by atoms with Crippen LogP contribution in [-0.2, 0) is 10.5 Å². The molecule has 0 spiro atoms. The molecule has 0 aliphatic heterocycles. The van der Waals surface area contributed by atoms with Crippen LogP contribution in [-0.4, -0.2) is 22.7 Å². The van der Waals surface area contributed by atoms with Crippen molar-refractivity contribution in [2.75, 3.05) is 11.1 Å². The third-order valence-electron chi connectivity index (χ3n) is 2.82. The van der Waals surface area contributed by atoms with Crippen molar-refractivity contribution in [2.45, 2.75) is 5.75 Å². The number of anilines is 1. The van der Waals surface area contributed by atoms with Crippen molar-refractivity contribution in [3.63, 3.8) is 0 Å². The summed E-state index contributed by atoms with van der Waals surface area (Å²) in [5, 5.41) is 11.4. The number of hydrogen-bond acceptors (Lipinski definition) is 3. The van der Waals surface area contributed by atoms with Gasteiger partial charge in [-0.05, 0) is 29.8 Å². The lowest BCUT2D eigenvalue weighted by Gasteiger charge is -2.06. The van der Waals surface area contributed by atoms with Crippen LogP contribution in [0.15, 0.2) is 48.5 Å². The summed E-state index contributed by atoms with van der Waals surface area (Å²) in [4.78, 5) is 22.6. The van der Waals surface area contributed by atoms with Crippen molar-refractivity contribution in [3.8, 4) is 0 Å². The zero-order chi connectivity index (χ0) is 15.9. The minimum Gasteiger partial charge on any atom is -0.478 e. The minimum absolute atomic E-state index is 0.154. The lowest BCUT2D eigenvalue weighted by atomic mass is 10.1. The summed E-state index contributed by atoms with van der Waals surface area (Å²) >= 11 is 1.33. The molecule has 0 bridgehead atoms. The molecule has 0 unspecified atom stereocenters. The van der Waals surface area contributed by atoms with E-state index >= 15 is 0 Å². The first-order valence-corrected chi connectivity index (χ1v) is 7.66. The molecular formula is C16H14FNO3S. The van der Waals surface area contributed by atoms with E-state index in [1.807, 2.05) is 0 Å². The zero-order valence-corrected chi connectivity index (χ0v) is 12.4. The van der Waals surface area contributed by atoms with Gasteiger partial charge in [0.2, 0.25) is 5.91 Å². The van der Waals surface area contributed by atoms with Gasteiger partial charge < -0.3 is 10.4 Å². The van der Waals surface area contributed by atoms with Crippen LogP contribution in [0.25, 0.3) is 0 Å². The Morgan fingerprint density at radius 2 is 1.91 bits per heavy atom. The largest absolute Gasteiger partial charge is 0.478 e. The second-order valence-electron chi connectivity index (χ2n) is 4.53. The molecule has 6 heteroatoms. The summed E-state index contributed by atoms with van der Waals surface area (Å²) in [6.07, 6.45) is 0. The van der Waals surface area contributed by atoms with E-state index in [4.69, 9.17) is 5.11 Å². The fraction of sp³-hybridized carbons (Fsp3) is 0.125. The van der Waals surface area contributed by atoms with Crippen molar-refractivity contribution in [2.24, 2.45) is 0 Å². The van der Waals surface area contributed by atoms with E-state index in [0.29, 0.717) is 5.75 Å². The molecular weight excluding hydrogens is 305 g/mol. The number of halogens is 1. The quantitative estimate of drug-likeness (QED) is 0.856. The maximum Gasteiger partial charge on any atom is 0.335 e. The summed E-state index contributed by atoms with van der Waals surface area (Å²) in [5.41, 5.74) is 1.19. The molecule has 0 aliphatic rings. The van der Waals surface area contributed by atoms with E-state index < -0.39 is 11.8 Å². The summed E-state index contributed by atoms with van der Waals surface area (Å²) in [6.45, 7) is 0. The van der Waals surface area contributed by atoms with Crippen LogP contribution in [0.3, 0.4) is 0 Å². The van der Waals surface area contributed by atoms with Crippen LogP contribution in [0, 0.1) is 5.82 Å². The highest BCUT2D eigenvalue weighted by Crippen LogP contribution is 2.16. The summed E-state index contributed by atoms with van der Waals surface area (Å²) < 4.78 is 13.4. The maximum absolute atomic E-state index is 13.4. The monoisotopic (exact) mass is 319 g/mol. The lowest BCUT2D eigenvalue weighted by molar-refractivity contribution is -0.113. The molecule has 2 aromatic rings. The molecule has 2 aromatic carbocycles.